The van der Waals surface area contributed by atoms with Gasteiger partial charge in [-0.3, -0.25) is 10.1 Å². The van der Waals surface area contributed by atoms with Crippen molar-refractivity contribution in [1.29, 1.82) is 0 Å². The molecule has 30 heavy (non-hydrogen) atoms. The van der Waals surface area contributed by atoms with Gasteiger partial charge in [0, 0.05) is 18.5 Å². The van der Waals surface area contributed by atoms with Crippen LogP contribution in [0.15, 0.2) is 42.5 Å². The molecule has 0 radical (unpaired) electrons. The van der Waals surface area contributed by atoms with Gasteiger partial charge < -0.3 is 5.32 Å². The van der Waals surface area contributed by atoms with E-state index in [9.17, 15) is 18.0 Å². The molecule has 5 nitrogen and oxygen atoms in total. The molecule has 2 N–H and O–H groups in total. The highest BCUT2D eigenvalue weighted by Crippen LogP contribution is 2.29. The van der Waals surface area contributed by atoms with E-state index in [0.29, 0.717) is 27.7 Å². The van der Waals surface area contributed by atoms with Crippen LogP contribution in [0.2, 0.25) is 0 Å². The first-order chi connectivity index (χ1) is 13.9. The molecule has 1 aromatic heterocycles. The lowest BCUT2D eigenvalue weighted by Gasteiger charge is -2.17. The predicted octanol–water partition coefficient (Wildman–Crippen LogP) is 4.47. The van der Waals surface area contributed by atoms with Crippen LogP contribution in [0.5, 0.6) is 0 Å². The van der Waals surface area contributed by atoms with E-state index in [-0.39, 0.29) is 18.3 Å². The SMILES string of the molecule is Cl.O=C(Nc1nnc(Cc2ccc(C(F)(F)F)cc2)s1)c1ccc2c(c1)CCNC2. The van der Waals surface area contributed by atoms with Gasteiger partial charge in [-0.15, -0.1) is 22.6 Å². The monoisotopic (exact) mass is 454 g/mol. The van der Waals surface area contributed by atoms with Crippen LogP contribution < -0.4 is 10.6 Å². The lowest BCUT2D eigenvalue weighted by atomic mass is 9.98. The van der Waals surface area contributed by atoms with E-state index >= 15 is 0 Å². The zero-order valence-corrected chi connectivity index (χ0v) is 17.3. The van der Waals surface area contributed by atoms with E-state index in [1.165, 1.54) is 29.0 Å². The summed E-state index contributed by atoms with van der Waals surface area (Å²) in [6, 6.07) is 10.6. The number of carbonyl (C=O) groups excluding carboxylic acids is 1. The van der Waals surface area contributed by atoms with Gasteiger partial charge in [0.25, 0.3) is 5.91 Å². The first-order valence-corrected chi connectivity index (χ1v) is 9.82. The van der Waals surface area contributed by atoms with Crippen LogP contribution in [0.4, 0.5) is 18.3 Å². The summed E-state index contributed by atoms with van der Waals surface area (Å²) < 4.78 is 37.9. The number of carbonyl (C=O) groups is 1. The normalized spacial score (nSPS) is 13.3. The third-order valence-electron chi connectivity index (χ3n) is 4.68. The molecule has 0 saturated heterocycles. The smallest absolute Gasteiger partial charge is 0.312 e. The highest BCUT2D eigenvalue weighted by molar-refractivity contribution is 7.15. The Kier molecular flexibility index (Phi) is 6.74. The van der Waals surface area contributed by atoms with E-state index in [2.05, 4.69) is 20.8 Å². The number of benzene rings is 2. The average molecular weight is 455 g/mol. The molecule has 0 bridgehead atoms. The molecule has 0 atom stereocenters. The van der Waals surface area contributed by atoms with Crippen LogP contribution in [0.1, 0.15) is 37.6 Å². The molecule has 1 aliphatic rings. The van der Waals surface area contributed by atoms with E-state index in [0.717, 1.165) is 37.2 Å². The number of hydrogen-bond acceptors (Lipinski definition) is 5. The van der Waals surface area contributed by atoms with Gasteiger partial charge in [-0.25, -0.2) is 0 Å². The molecule has 4 rings (SSSR count). The summed E-state index contributed by atoms with van der Waals surface area (Å²) in [5.74, 6) is -0.261. The number of rotatable bonds is 4. The Labute approximate surface area is 181 Å². The number of halogens is 4. The minimum absolute atomic E-state index is 0. The molecule has 2 heterocycles. The Morgan fingerprint density at radius 3 is 2.60 bits per heavy atom. The third kappa shape index (κ3) is 5.16. The summed E-state index contributed by atoms with van der Waals surface area (Å²) in [5, 5.41) is 15.0. The molecule has 0 unspecified atom stereocenters. The topological polar surface area (TPSA) is 66.9 Å². The van der Waals surface area contributed by atoms with Crippen molar-refractivity contribution in [2.24, 2.45) is 0 Å². The van der Waals surface area contributed by atoms with Gasteiger partial charge in [0.05, 0.1) is 5.56 Å². The molecular formula is C20H18ClF3N4OS. The first kappa shape index (κ1) is 22.2. The van der Waals surface area contributed by atoms with Gasteiger partial charge in [0.1, 0.15) is 5.01 Å². The molecule has 1 amide bonds. The lowest BCUT2D eigenvalue weighted by Crippen LogP contribution is -2.24. The summed E-state index contributed by atoms with van der Waals surface area (Å²) in [6.07, 6.45) is -3.13. The molecule has 2 aromatic carbocycles. The number of aromatic nitrogens is 2. The van der Waals surface area contributed by atoms with Crippen LogP contribution in [0.3, 0.4) is 0 Å². The molecule has 1 aliphatic heterocycles. The summed E-state index contributed by atoms with van der Waals surface area (Å²) in [5.41, 5.74) is 2.92. The highest BCUT2D eigenvalue weighted by atomic mass is 35.5. The highest BCUT2D eigenvalue weighted by Gasteiger charge is 2.29. The maximum atomic E-state index is 12.6. The van der Waals surface area contributed by atoms with Crippen molar-refractivity contribution in [3.8, 4) is 0 Å². The van der Waals surface area contributed by atoms with Gasteiger partial charge in [-0.05, 0) is 53.9 Å². The Bertz CT molecular complexity index is 1040. The molecule has 0 saturated carbocycles. The molecule has 3 aromatic rings. The first-order valence-electron chi connectivity index (χ1n) is 9.01. The van der Waals surface area contributed by atoms with Crippen LogP contribution in [-0.2, 0) is 25.6 Å². The second-order valence-corrected chi connectivity index (χ2v) is 7.80. The zero-order valence-electron chi connectivity index (χ0n) is 15.6. The number of anilines is 1. The zero-order chi connectivity index (χ0) is 20.4. The largest absolute Gasteiger partial charge is 0.416 e. The minimum atomic E-state index is -4.36. The maximum Gasteiger partial charge on any atom is 0.416 e. The summed E-state index contributed by atoms with van der Waals surface area (Å²) in [4.78, 5) is 12.5. The fourth-order valence-corrected chi connectivity index (χ4v) is 3.92. The Hall–Kier alpha value is -2.49. The maximum absolute atomic E-state index is 12.6. The van der Waals surface area contributed by atoms with E-state index < -0.39 is 11.7 Å². The fraction of sp³-hybridized carbons (Fsp3) is 0.250. The molecule has 0 spiro atoms. The number of alkyl halides is 3. The minimum Gasteiger partial charge on any atom is -0.312 e. The number of fused-ring (bicyclic) bond motifs is 1. The predicted molar refractivity (Wildman–Crippen MR) is 111 cm³/mol. The standard InChI is InChI=1S/C20H17F3N4OS.ClH/c21-20(22,23)16-5-1-12(2-6-16)9-17-26-27-19(29-17)25-18(28)14-3-4-15-11-24-8-7-13(15)10-14;/h1-6,10,24H,7-9,11H2,(H,25,27,28);1H. The summed E-state index contributed by atoms with van der Waals surface area (Å²) in [7, 11) is 0. The Morgan fingerprint density at radius 2 is 1.87 bits per heavy atom. The number of nitrogens with zero attached hydrogens (tertiary/aromatic N) is 2. The number of nitrogens with one attached hydrogen (secondary N) is 2. The van der Waals surface area contributed by atoms with Crippen LogP contribution in [0.25, 0.3) is 0 Å². The van der Waals surface area contributed by atoms with Crippen LogP contribution in [-0.4, -0.2) is 22.6 Å². The van der Waals surface area contributed by atoms with Crippen molar-refractivity contribution >= 4 is 34.8 Å². The van der Waals surface area contributed by atoms with Crippen molar-refractivity contribution < 1.29 is 18.0 Å². The quantitative estimate of drug-likeness (QED) is 0.610. The Morgan fingerprint density at radius 1 is 1.10 bits per heavy atom. The van der Waals surface area contributed by atoms with Crippen LogP contribution in [0, 0.1) is 0 Å². The van der Waals surface area contributed by atoms with Crippen molar-refractivity contribution in [1.82, 2.24) is 15.5 Å². The van der Waals surface area contributed by atoms with Gasteiger partial charge >= 0.3 is 6.18 Å². The fourth-order valence-electron chi connectivity index (χ4n) is 3.15. The second-order valence-electron chi connectivity index (χ2n) is 6.74. The summed E-state index contributed by atoms with van der Waals surface area (Å²) in [6.45, 7) is 1.70. The van der Waals surface area contributed by atoms with E-state index in [1.807, 2.05) is 12.1 Å². The number of hydrogen-bond donors (Lipinski definition) is 2. The second kappa shape index (κ2) is 9.11. The van der Waals surface area contributed by atoms with E-state index in [4.69, 9.17) is 0 Å². The molecule has 10 heteroatoms. The molecule has 0 aliphatic carbocycles. The average Bonchev–Trinajstić information content (AvgIpc) is 3.14. The van der Waals surface area contributed by atoms with Crippen LogP contribution >= 0.6 is 23.7 Å². The third-order valence-corrected chi connectivity index (χ3v) is 5.52. The molecule has 158 valence electrons. The van der Waals surface area contributed by atoms with Gasteiger partial charge in [0.2, 0.25) is 5.13 Å². The molecular weight excluding hydrogens is 437 g/mol. The molecule has 0 fully saturated rings. The summed E-state index contributed by atoms with van der Waals surface area (Å²) >= 11 is 1.20. The van der Waals surface area contributed by atoms with Gasteiger partial charge in [-0.1, -0.05) is 29.5 Å². The van der Waals surface area contributed by atoms with E-state index in [1.54, 1.807) is 6.07 Å². The van der Waals surface area contributed by atoms with Crippen molar-refractivity contribution in [3.63, 3.8) is 0 Å². The van der Waals surface area contributed by atoms with Crippen molar-refractivity contribution in [2.45, 2.75) is 25.6 Å². The number of amides is 1. The lowest BCUT2D eigenvalue weighted by molar-refractivity contribution is -0.137. The Balaban J connectivity index is 0.00000256. The van der Waals surface area contributed by atoms with Crippen molar-refractivity contribution in [2.75, 3.05) is 11.9 Å². The van der Waals surface area contributed by atoms with Gasteiger partial charge in [0.15, 0.2) is 0 Å². The van der Waals surface area contributed by atoms with Gasteiger partial charge in [-0.2, -0.15) is 13.2 Å². The van der Waals surface area contributed by atoms with Crippen molar-refractivity contribution in [3.05, 3.63) is 75.3 Å².